The summed E-state index contributed by atoms with van der Waals surface area (Å²) in [6.07, 6.45) is 1.86. The molecule has 3 aromatic carbocycles. The van der Waals surface area contributed by atoms with Gasteiger partial charge in [0.25, 0.3) is 5.91 Å². The van der Waals surface area contributed by atoms with Crippen LogP contribution in [0.2, 0.25) is 0 Å². The van der Waals surface area contributed by atoms with Crippen molar-refractivity contribution >= 4 is 44.4 Å². The van der Waals surface area contributed by atoms with Crippen molar-refractivity contribution in [1.82, 2.24) is 14.8 Å². The topological polar surface area (TPSA) is 86.1 Å². The van der Waals surface area contributed by atoms with Gasteiger partial charge in [-0.15, -0.1) is 0 Å². The molecule has 0 saturated heterocycles. The standard InChI is InChI=1S/C30H25BrN4O3/c1-17-27(23-15-21(31)11-13-26(23)32-28(17)19-8-6-5-7-9-19)29(36)33-25-12-10-20(30(37)38-4)14-22(25)24-16-35(3)34-18(24)2/h5-16H,1-4H3,(H,33,36). The lowest BCUT2D eigenvalue weighted by atomic mass is 9.96. The molecule has 190 valence electrons. The van der Waals surface area contributed by atoms with Crippen LogP contribution >= 0.6 is 15.9 Å². The monoisotopic (exact) mass is 568 g/mol. The highest BCUT2D eigenvalue weighted by molar-refractivity contribution is 9.10. The van der Waals surface area contributed by atoms with Crippen LogP contribution in [0.1, 0.15) is 32.0 Å². The number of aromatic nitrogens is 3. The Morgan fingerprint density at radius 1 is 0.974 bits per heavy atom. The Balaban J connectivity index is 1.67. The van der Waals surface area contributed by atoms with Crippen LogP contribution in [0.15, 0.2) is 77.4 Å². The first-order chi connectivity index (χ1) is 18.3. The number of hydrogen-bond donors (Lipinski definition) is 1. The number of pyridine rings is 1. The lowest BCUT2D eigenvalue weighted by Gasteiger charge is -2.17. The smallest absolute Gasteiger partial charge is 0.337 e. The number of esters is 1. The van der Waals surface area contributed by atoms with Crippen LogP contribution in [-0.2, 0) is 11.8 Å². The first-order valence-electron chi connectivity index (χ1n) is 12.0. The van der Waals surface area contributed by atoms with Crippen molar-refractivity contribution in [1.29, 1.82) is 0 Å². The number of halogens is 1. The number of benzene rings is 3. The average molecular weight is 569 g/mol. The molecule has 1 N–H and O–H groups in total. The molecule has 0 unspecified atom stereocenters. The number of carbonyl (C=O) groups excluding carboxylic acids is 2. The van der Waals surface area contributed by atoms with Gasteiger partial charge >= 0.3 is 5.97 Å². The molecule has 0 saturated carbocycles. The van der Waals surface area contributed by atoms with Crippen LogP contribution in [0.4, 0.5) is 5.69 Å². The summed E-state index contributed by atoms with van der Waals surface area (Å²) in [4.78, 5) is 31.2. The van der Waals surface area contributed by atoms with Gasteiger partial charge in [-0.25, -0.2) is 9.78 Å². The molecule has 8 heteroatoms. The van der Waals surface area contributed by atoms with E-state index in [9.17, 15) is 9.59 Å². The Morgan fingerprint density at radius 2 is 1.74 bits per heavy atom. The molecule has 0 fully saturated rings. The van der Waals surface area contributed by atoms with Crippen molar-refractivity contribution < 1.29 is 14.3 Å². The van der Waals surface area contributed by atoms with Gasteiger partial charge in [0.2, 0.25) is 0 Å². The summed E-state index contributed by atoms with van der Waals surface area (Å²) in [5, 5.41) is 8.29. The molecule has 2 heterocycles. The third kappa shape index (κ3) is 4.70. The van der Waals surface area contributed by atoms with Gasteiger partial charge in [-0.05, 0) is 55.8 Å². The minimum Gasteiger partial charge on any atom is -0.465 e. The molecule has 7 nitrogen and oxygen atoms in total. The summed E-state index contributed by atoms with van der Waals surface area (Å²) in [5.74, 6) is -0.738. The third-order valence-corrected chi connectivity index (χ3v) is 6.95. The van der Waals surface area contributed by atoms with Crippen molar-refractivity contribution in [3.63, 3.8) is 0 Å². The minimum absolute atomic E-state index is 0.279. The maximum atomic E-state index is 14.0. The molecule has 0 atom stereocenters. The molecule has 38 heavy (non-hydrogen) atoms. The minimum atomic E-state index is -0.459. The summed E-state index contributed by atoms with van der Waals surface area (Å²) >= 11 is 3.54. The number of fused-ring (bicyclic) bond motifs is 1. The Labute approximate surface area is 228 Å². The average Bonchev–Trinajstić information content (AvgIpc) is 3.25. The highest BCUT2D eigenvalue weighted by Crippen LogP contribution is 2.35. The van der Waals surface area contributed by atoms with Crippen molar-refractivity contribution in [2.45, 2.75) is 13.8 Å². The molecular weight excluding hydrogens is 544 g/mol. The second kappa shape index (κ2) is 10.2. The van der Waals surface area contributed by atoms with E-state index in [1.54, 1.807) is 22.9 Å². The van der Waals surface area contributed by atoms with Gasteiger partial charge in [0.1, 0.15) is 0 Å². The van der Waals surface area contributed by atoms with Crippen LogP contribution < -0.4 is 5.32 Å². The van der Waals surface area contributed by atoms with E-state index >= 15 is 0 Å². The molecule has 0 aliphatic carbocycles. The first kappa shape index (κ1) is 25.4. The van der Waals surface area contributed by atoms with Gasteiger partial charge in [-0.2, -0.15) is 5.10 Å². The number of nitrogens with one attached hydrogen (secondary N) is 1. The normalized spacial score (nSPS) is 11.0. The van der Waals surface area contributed by atoms with Crippen LogP contribution in [0.25, 0.3) is 33.3 Å². The van der Waals surface area contributed by atoms with Gasteiger partial charge in [-0.3, -0.25) is 9.48 Å². The van der Waals surface area contributed by atoms with Crippen molar-refractivity contribution in [2.75, 3.05) is 12.4 Å². The summed E-state index contributed by atoms with van der Waals surface area (Å²) in [7, 11) is 3.17. The fourth-order valence-corrected chi connectivity index (χ4v) is 5.03. The maximum Gasteiger partial charge on any atom is 0.337 e. The van der Waals surface area contributed by atoms with Crippen LogP contribution in [-0.4, -0.2) is 33.8 Å². The zero-order chi connectivity index (χ0) is 27.0. The van der Waals surface area contributed by atoms with E-state index in [2.05, 4.69) is 26.3 Å². The Morgan fingerprint density at radius 3 is 2.42 bits per heavy atom. The molecule has 5 rings (SSSR count). The van der Waals surface area contributed by atoms with E-state index in [1.165, 1.54) is 7.11 Å². The largest absolute Gasteiger partial charge is 0.465 e. The highest BCUT2D eigenvalue weighted by atomic mass is 79.9. The number of aryl methyl sites for hydroxylation is 2. The second-order valence-electron chi connectivity index (χ2n) is 9.00. The van der Waals surface area contributed by atoms with E-state index in [-0.39, 0.29) is 5.91 Å². The molecule has 0 radical (unpaired) electrons. The fourth-order valence-electron chi connectivity index (χ4n) is 4.67. The van der Waals surface area contributed by atoms with E-state index in [4.69, 9.17) is 9.72 Å². The van der Waals surface area contributed by atoms with Gasteiger partial charge in [-0.1, -0.05) is 46.3 Å². The number of ether oxygens (including phenoxy) is 1. The maximum absolute atomic E-state index is 14.0. The third-order valence-electron chi connectivity index (χ3n) is 6.46. The predicted octanol–water partition coefficient (Wildman–Crippen LogP) is 6.72. The fraction of sp³-hybridized carbons (Fsp3) is 0.133. The van der Waals surface area contributed by atoms with Crippen molar-refractivity contribution in [3.8, 4) is 22.4 Å². The zero-order valence-electron chi connectivity index (χ0n) is 21.4. The Bertz CT molecular complexity index is 1710. The molecule has 0 spiro atoms. The first-order valence-corrected chi connectivity index (χ1v) is 12.8. The van der Waals surface area contributed by atoms with Gasteiger partial charge in [0, 0.05) is 45.5 Å². The SMILES string of the molecule is COC(=O)c1ccc(NC(=O)c2c(C)c(-c3ccccc3)nc3ccc(Br)cc23)c(-c2cn(C)nc2C)c1. The van der Waals surface area contributed by atoms with E-state index in [0.717, 1.165) is 37.9 Å². The predicted molar refractivity (Wildman–Crippen MR) is 152 cm³/mol. The number of nitrogens with zero attached hydrogens (tertiary/aromatic N) is 3. The van der Waals surface area contributed by atoms with Crippen LogP contribution in [0, 0.1) is 13.8 Å². The Kier molecular flexibility index (Phi) is 6.82. The summed E-state index contributed by atoms with van der Waals surface area (Å²) in [6.45, 7) is 3.80. The van der Waals surface area contributed by atoms with Crippen LogP contribution in [0.3, 0.4) is 0 Å². The van der Waals surface area contributed by atoms with Crippen molar-refractivity contribution in [2.24, 2.45) is 7.05 Å². The van der Waals surface area contributed by atoms with Gasteiger partial charge < -0.3 is 10.1 Å². The molecule has 0 bridgehead atoms. The molecule has 0 aliphatic heterocycles. The summed E-state index contributed by atoms with van der Waals surface area (Å²) in [5.41, 5.74) is 6.87. The van der Waals surface area contributed by atoms with E-state index < -0.39 is 5.97 Å². The van der Waals surface area contributed by atoms with Crippen LogP contribution in [0.5, 0.6) is 0 Å². The summed E-state index contributed by atoms with van der Waals surface area (Å²) in [6, 6.07) is 20.6. The number of carbonyl (C=O) groups is 2. The lowest BCUT2D eigenvalue weighted by molar-refractivity contribution is 0.0600. The second-order valence-corrected chi connectivity index (χ2v) is 9.91. The molecular formula is C30H25BrN4O3. The quantitative estimate of drug-likeness (QED) is 0.238. The number of amides is 1. The van der Waals surface area contributed by atoms with E-state index in [1.807, 2.05) is 75.6 Å². The molecule has 1 amide bonds. The number of methoxy groups -OCH3 is 1. The highest BCUT2D eigenvalue weighted by Gasteiger charge is 2.22. The number of rotatable bonds is 5. The molecule has 2 aromatic heterocycles. The summed E-state index contributed by atoms with van der Waals surface area (Å²) < 4.78 is 7.47. The number of anilines is 1. The van der Waals surface area contributed by atoms with Gasteiger partial charge in [0.15, 0.2) is 0 Å². The number of hydrogen-bond acceptors (Lipinski definition) is 5. The van der Waals surface area contributed by atoms with Crippen molar-refractivity contribution in [3.05, 3.63) is 99.8 Å². The van der Waals surface area contributed by atoms with E-state index in [0.29, 0.717) is 27.9 Å². The van der Waals surface area contributed by atoms with Gasteiger partial charge in [0.05, 0.1) is 35.1 Å². The zero-order valence-corrected chi connectivity index (χ0v) is 23.0. The Hall–Kier alpha value is -4.30. The lowest BCUT2D eigenvalue weighted by Crippen LogP contribution is -2.16. The molecule has 5 aromatic rings. The molecule has 0 aliphatic rings.